The number of fused-ring (bicyclic) bond motifs is 1. The van der Waals surface area contributed by atoms with Gasteiger partial charge in [-0.2, -0.15) is 8.42 Å². The average molecular weight is 463 g/mol. The molecule has 30 heavy (non-hydrogen) atoms. The second kappa shape index (κ2) is 8.88. The number of ether oxygens (including phenoxy) is 4. The monoisotopic (exact) mass is 463 g/mol. The fourth-order valence-corrected chi connectivity index (χ4v) is 5.77. The maximum absolute atomic E-state index is 12.5. The van der Waals surface area contributed by atoms with Crippen molar-refractivity contribution in [2.45, 2.75) is 69.5 Å². The normalized spacial score (nSPS) is 35.9. The van der Waals surface area contributed by atoms with Gasteiger partial charge in [0.15, 0.2) is 23.8 Å². The van der Waals surface area contributed by atoms with Gasteiger partial charge in [0.2, 0.25) is 0 Å². The lowest BCUT2D eigenvalue weighted by Crippen LogP contribution is -2.53. The van der Waals surface area contributed by atoms with Gasteiger partial charge in [0.05, 0.1) is 12.9 Å². The first-order valence-corrected chi connectivity index (χ1v) is 12.6. The molecule has 9 nitrogen and oxygen atoms in total. The Morgan fingerprint density at radius 3 is 1.87 bits per heavy atom. The molecule has 0 bridgehead atoms. The summed E-state index contributed by atoms with van der Waals surface area (Å²) in [6.45, 7) is 7.13. The van der Waals surface area contributed by atoms with E-state index in [1.165, 1.54) is 0 Å². The highest BCUT2D eigenvalue weighted by Crippen LogP contribution is 2.50. The van der Waals surface area contributed by atoms with E-state index in [0.29, 0.717) is 0 Å². The van der Waals surface area contributed by atoms with E-state index < -0.39 is 60.0 Å². The van der Waals surface area contributed by atoms with Gasteiger partial charge < -0.3 is 18.9 Å². The lowest BCUT2D eigenvalue weighted by atomic mass is 10.0. The Morgan fingerprint density at radius 1 is 0.867 bits per heavy atom. The molecule has 0 spiro atoms. The summed E-state index contributed by atoms with van der Waals surface area (Å²) in [6, 6.07) is 12.0. The Hall–Kier alpha value is -0.970. The number of benzene rings is 1. The SMILES string of the molecule is CC1(C)OCC(C2O[P+](=O)C(OS(C)(=O)=O)C3OC(C)(C)OC23)O1.c1ccccc1. The molecule has 3 saturated heterocycles. The second-order valence-corrected chi connectivity index (χ2v) is 11.0. The van der Waals surface area contributed by atoms with Crippen molar-refractivity contribution >= 4 is 18.1 Å². The molecule has 0 amide bonds. The van der Waals surface area contributed by atoms with Gasteiger partial charge in [0, 0.05) is 0 Å². The minimum absolute atomic E-state index is 0.242. The molecule has 0 radical (unpaired) electrons. The molecule has 0 aliphatic carbocycles. The van der Waals surface area contributed by atoms with Crippen LogP contribution < -0.4 is 0 Å². The standard InChI is InChI=1S/C13H22O9PS.C6H6/c1-12(2)17-6-7(18-12)8-9-10(20-13(3,4)19-9)11(23(14)21-8)22-24(5,15)16;1-2-4-6-5-3-1/h7-11H,6H2,1-5H3;1-6H/q+1;. The van der Waals surface area contributed by atoms with E-state index in [0.717, 1.165) is 6.26 Å². The highest BCUT2D eigenvalue weighted by molar-refractivity contribution is 7.86. The molecule has 3 aliphatic heterocycles. The molecule has 3 aliphatic rings. The van der Waals surface area contributed by atoms with Crippen LogP contribution in [0.1, 0.15) is 27.7 Å². The predicted octanol–water partition coefficient (Wildman–Crippen LogP) is 2.79. The molecule has 3 heterocycles. The van der Waals surface area contributed by atoms with Crippen molar-refractivity contribution in [2.24, 2.45) is 0 Å². The smallest absolute Gasteiger partial charge is 0.348 e. The Morgan fingerprint density at radius 2 is 1.40 bits per heavy atom. The van der Waals surface area contributed by atoms with Gasteiger partial charge in [-0.05, 0) is 32.3 Å². The van der Waals surface area contributed by atoms with E-state index in [1.54, 1.807) is 27.7 Å². The van der Waals surface area contributed by atoms with E-state index in [-0.39, 0.29) is 6.61 Å². The maximum atomic E-state index is 12.5. The summed E-state index contributed by atoms with van der Waals surface area (Å²) in [4.78, 5) is 0. The van der Waals surface area contributed by atoms with Gasteiger partial charge in [-0.15, -0.1) is 4.52 Å². The van der Waals surface area contributed by atoms with Crippen LogP contribution in [0.3, 0.4) is 0 Å². The van der Waals surface area contributed by atoms with Crippen molar-refractivity contribution in [1.82, 2.24) is 0 Å². The van der Waals surface area contributed by atoms with Crippen LogP contribution in [0.5, 0.6) is 0 Å². The Balaban J connectivity index is 0.000000367. The van der Waals surface area contributed by atoms with Crippen molar-refractivity contribution in [2.75, 3.05) is 12.9 Å². The minimum Gasteiger partial charge on any atom is -0.348 e. The number of rotatable bonds is 3. The Labute approximate surface area is 177 Å². The summed E-state index contributed by atoms with van der Waals surface area (Å²) in [5.74, 6) is -3.05. The molecule has 0 saturated carbocycles. The first-order valence-electron chi connectivity index (χ1n) is 9.56. The van der Waals surface area contributed by atoms with Gasteiger partial charge in [0.1, 0.15) is 12.2 Å². The van der Waals surface area contributed by atoms with Gasteiger partial charge in [0.25, 0.3) is 10.1 Å². The van der Waals surface area contributed by atoms with Crippen LogP contribution in [0.4, 0.5) is 0 Å². The lowest BCUT2D eigenvalue weighted by Gasteiger charge is -2.30. The molecule has 6 atom stereocenters. The first-order chi connectivity index (χ1) is 13.9. The van der Waals surface area contributed by atoms with Crippen LogP contribution in [-0.2, 0) is 42.3 Å². The predicted molar refractivity (Wildman–Crippen MR) is 107 cm³/mol. The maximum Gasteiger partial charge on any atom is 0.545 e. The fourth-order valence-electron chi connectivity index (χ4n) is 3.46. The summed E-state index contributed by atoms with van der Waals surface area (Å²) >= 11 is 0. The van der Waals surface area contributed by atoms with Crippen LogP contribution in [-0.4, -0.2) is 63.1 Å². The van der Waals surface area contributed by atoms with E-state index in [9.17, 15) is 13.0 Å². The average Bonchev–Trinajstić information content (AvgIpc) is 3.16. The second-order valence-electron chi connectivity index (χ2n) is 8.13. The van der Waals surface area contributed by atoms with Crippen LogP contribution in [0.15, 0.2) is 36.4 Å². The molecule has 1 aromatic rings. The molecule has 0 N–H and O–H groups in total. The third-order valence-electron chi connectivity index (χ3n) is 4.54. The van der Waals surface area contributed by atoms with E-state index >= 15 is 0 Å². The molecule has 11 heteroatoms. The molecule has 4 rings (SSSR count). The van der Waals surface area contributed by atoms with Crippen LogP contribution in [0.2, 0.25) is 0 Å². The van der Waals surface area contributed by atoms with Crippen LogP contribution >= 0.6 is 8.03 Å². The highest BCUT2D eigenvalue weighted by atomic mass is 32.2. The Bertz CT molecular complexity index is 816. The van der Waals surface area contributed by atoms with Gasteiger partial charge in [-0.1, -0.05) is 36.4 Å². The third-order valence-corrected chi connectivity index (χ3v) is 6.50. The summed E-state index contributed by atoms with van der Waals surface area (Å²) in [6.07, 6.45) is -1.90. The van der Waals surface area contributed by atoms with E-state index in [2.05, 4.69) is 0 Å². The molecule has 1 aromatic carbocycles. The zero-order chi connectivity index (χ0) is 22.2. The lowest BCUT2D eigenvalue weighted by molar-refractivity contribution is -0.173. The Kier molecular flexibility index (Phi) is 7.01. The minimum atomic E-state index is -3.84. The first kappa shape index (κ1) is 23.7. The summed E-state index contributed by atoms with van der Waals surface area (Å²) in [5, 5.41) is 0. The number of hydrogen-bond donors (Lipinski definition) is 0. The molecule has 3 fully saturated rings. The molecular formula is C19H28O9PS+. The van der Waals surface area contributed by atoms with Crippen molar-refractivity contribution < 1.29 is 40.6 Å². The molecule has 6 unspecified atom stereocenters. The van der Waals surface area contributed by atoms with E-state index in [1.807, 2.05) is 36.4 Å². The largest absolute Gasteiger partial charge is 0.545 e. The van der Waals surface area contributed by atoms with Crippen molar-refractivity contribution in [1.29, 1.82) is 0 Å². The van der Waals surface area contributed by atoms with Crippen LogP contribution in [0, 0.1) is 0 Å². The quantitative estimate of drug-likeness (QED) is 0.494. The van der Waals surface area contributed by atoms with Crippen molar-refractivity contribution in [3.05, 3.63) is 36.4 Å². The van der Waals surface area contributed by atoms with E-state index in [4.69, 9.17) is 27.7 Å². The summed E-state index contributed by atoms with van der Waals surface area (Å²) in [5.41, 5.74) is 0. The zero-order valence-electron chi connectivity index (χ0n) is 17.6. The van der Waals surface area contributed by atoms with Crippen LogP contribution in [0.25, 0.3) is 0 Å². The third kappa shape index (κ3) is 6.05. The highest BCUT2D eigenvalue weighted by Gasteiger charge is 2.66. The zero-order valence-corrected chi connectivity index (χ0v) is 19.3. The summed E-state index contributed by atoms with van der Waals surface area (Å²) < 4.78 is 68.8. The fraction of sp³-hybridized carbons (Fsp3) is 0.684. The van der Waals surface area contributed by atoms with Gasteiger partial charge >= 0.3 is 13.9 Å². The topological polar surface area (TPSA) is 107 Å². The number of hydrogen-bond acceptors (Lipinski definition) is 9. The summed E-state index contributed by atoms with van der Waals surface area (Å²) in [7, 11) is -6.31. The van der Waals surface area contributed by atoms with Gasteiger partial charge in [-0.3, -0.25) is 0 Å². The van der Waals surface area contributed by atoms with Crippen molar-refractivity contribution in [3.63, 3.8) is 0 Å². The molecule has 0 aromatic heterocycles. The van der Waals surface area contributed by atoms with Gasteiger partial charge in [-0.25, -0.2) is 4.18 Å². The molecule has 168 valence electrons. The molecular weight excluding hydrogens is 435 g/mol. The van der Waals surface area contributed by atoms with Crippen molar-refractivity contribution in [3.8, 4) is 0 Å².